The Bertz CT molecular complexity index is 1730. The number of nitrogens with zero attached hydrogens (tertiary/aromatic N) is 1. The largest absolute Gasteiger partial charge is 0.466 e. The molecule has 7 N–H and O–H groups in total. The Hall–Kier alpha value is -2.76. The number of carbonyl (C=O) groups is 4. The third-order valence-electron chi connectivity index (χ3n) is 16.5. The van der Waals surface area contributed by atoms with Crippen molar-refractivity contribution >= 4 is 23.7 Å². The fraction of sp³-hybridized carbons (Fsp3) is 0.833. The number of hydrogen-bond acceptors (Lipinski definition) is 15. The molecule has 3 saturated carbocycles. The number of methoxy groups -OCH3 is 1. The summed E-state index contributed by atoms with van der Waals surface area (Å²) in [5.41, 5.74) is -5.38. The zero-order valence-electron chi connectivity index (χ0n) is 39.3. The van der Waals surface area contributed by atoms with E-state index >= 15 is 0 Å². The molecule has 358 valence electrons. The molecule has 3 unspecified atom stereocenters. The first-order valence-corrected chi connectivity index (χ1v) is 23.4. The van der Waals surface area contributed by atoms with Crippen LogP contribution >= 0.6 is 0 Å². The van der Waals surface area contributed by atoms with E-state index in [1.807, 2.05) is 24.8 Å². The summed E-state index contributed by atoms with van der Waals surface area (Å²) in [7, 11) is 1.29. The van der Waals surface area contributed by atoms with Crippen LogP contribution in [0, 0.1) is 46.3 Å². The van der Waals surface area contributed by atoms with Gasteiger partial charge in [-0.15, -0.1) is 0 Å². The molecule has 0 amide bonds. The smallest absolute Gasteiger partial charge is 0.350 e. The van der Waals surface area contributed by atoms with E-state index in [1.165, 1.54) is 27.9 Å². The van der Waals surface area contributed by atoms with Crippen molar-refractivity contribution in [1.82, 2.24) is 10.2 Å². The number of allylic oxidation sites excluding steroid dienone is 4. The number of nitrogens with one attached hydrogen (secondary N) is 1. The van der Waals surface area contributed by atoms with Crippen LogP contribution in [0.15, 0.2) is 23.8 Å². The van der Waals surface area contributed by atoms with E-state index in [0.29, 0.717) is 38.9 Å². The van der Waals surface area contributed by atoms with E-state index in [0.717, 1.165) is 12.0 Å². The second kappa shape index (κ2) is 19.6. The number of ketones is 1. The van der Waals surface area contributed by atoms with Gasteiger partial charge in [-0.2, -0.15) is 0 Å². The number of cyclic esters (lactones) is 1. The molecule has 0 aromatic carbocycles. The third kappa shape index (κ3) is 9.73. The van der Waals surface area contributed by atoms with Gasteiger partial charge in [0.15, 0.2) is 5.78 Å². The van der Waals surface area contributed by atoms with Crippen LogP contribution in [0.5, 0.6) is 0 Å². The quantitative estimate of drug-likeness (QED) is 0.0950. The normalized spacial score (nSPS) is 45.1. The summed E-state index contributed by atoms with van der Waals surface area (Å²) in [6.07, 6.45) is 2.71. The minimum atomic E-state index is -1.87. The van der Waals surface area contributed by atoms with Gasteiger partial charge in [0.2, 0.25) is 5.60 Å². The summed E-state index contributed by atoms with van der Waals surface area (Å²) in [5.74, 6) is -4.32. The van der Waals surface area contributed by atoms with Crippen LogP contribution in [0.25, 0.3) is 0 Å². The lowest BCUT2D eigenvalue weighted by Crippen LogP contribution is -2.62. The number of fused-ring (bicyclic) bond motifs is 5. The maximum atomic E-state index is 13.8. The fourth-order valence-electron chi connectivity index (χ4n) is 12.8. The van der Waals surface area contributed by atoms with Crippen molar-refractivity contribution in [3.05, 3.63) is 23.8 Å². The van der Waals surface area contributed by atoms with Crippen LogP contribution < -0.4 is 5.32 Å². The molecule has 15 nitrogen and oxygen atoms in total. The molecule has 5 aliphatic rings. The SMILES string of the molecule is CC[C@H]1OC(=O)[C@H](C)[C@@H](O)[C@H](C)[C@@H](O)[C@](C)(O)C[C@@H](C)CN(CCCNCCC(=O)O[C@]2(C(=O)OC)CCC3C4CCC5=CC(=O)C=C[C@]5(C)C4[C@@H](O)C[C@@]32C)[C@H](C)[C@@H](O)[C@]1(C)O. The average molecular weight is 891 g/mol. The highest BCUT2D eigenvalue weighted by Gasteiger charge is 2.71. The number of carbonyl (C=O) groups excluding carboxylic acids is 4. The molecule has 4 aliphatic carbocycles. The summed E-state index contributed by atoms with van der Waals surface area (Å²) in [5, 5.41) is 72.3. The highest BCUT2D eigenvalue weighted by molar-refractivity contribution is 6.01. The first-order chi connectivity index (χ1) is 29.3. The molecule has 1 aliphatic heterocycles. The van der Waals surface area contributed by atoms with Crippen molar-refractivity contribution in [2.45, 2.75) is 173 Å². The summed E-state index contributed by atoms with van der Waals surface area (Å²) < 4.78 is 17.3. The Morgan fingerprint density at radius 2 is 1.65 bits per heavy atom. The van der Waals surface area contributed by atoms with E-state index in [-0.39, 0.29) is 68.1 Å². The molecule has 0 bridgehead atoms. The van der Waals surface area contributed by atoms with Gasteiger partial charge in [-0.05, 0) is 122 Å². The third-order valence-corrected chi connectivity index (χ3v) is 16.5. The molecule has 0 spiro atoms. The molecule has 63 heavy (non-hydrogen) atoms. The van der Waals surface area contributed by atoms with Gasteiger partial charge >= 0.3 is 17.9 Å². The summed E-state index contributed by atoms with van der Waals surface area (Å²) >= 11 is 0. The molecule has 4 fully saturated rings. The zero-order chi connectivity index (χ0) is 47.0. The molecule has 0 radical (unpaired) electrons. The fourth-order valence-corrected chi connectivity index (χ4v) is 12.8. The highest BCUT2D eigenvalue weighted by atomic mass is 16.6. The van der Waals surface area contributed by atoms with Crippen molar-refractivity contribution in [2.24, 2.45) is 46.3 Å². The molecule has 1 heterocycles. The Morgan fingerprint density at radius 3 is 2.30 bits per heavy atom. The maximum absolute atomic E-state index is 13.8. The van der Waals surface area contributed by atoms with E-state index in [9.17, 15) is 49.8 Å². The zero-order valence-corrected chi connectivity index (χ0v) is 39.3. The Kier molecular flexibility index (Phi) is 15.9. The summed E-state index contributed by atoms with van der Waals surface area (Å²) in [6.45, 7) is 16.9. The predicted octanol–water partition coefficient (Wildman–Crippen LogP) is 3.00. The number of esters is 3. The van der Waals surface area contributed by atoms with Crippen molar-refractivity contribution in [3.63, 3.8) is 0 Å². The maximum Gasteiger partial charge on any atom is 0.350 e. The molecular weight excluding hydrogens is 813 g/mol. The topological polar surface area (TPSA) is 233 Å². The molecular formula is C48H78N2O13. The van der Waals surface area contributed by atoms with Crippen LogP contribution in [-0.4, -0.2) is 146 Å². The molecule has 17 atom stereocenters. The van der Waals surface area contributed by atoms with E-state index in [4.69, 9.17) is 14.2 Å². The number of ether oxygens (including phenoxy) is 3. The lowest BCUT2D eigenvalue weighted by atomic mass is 9.46. The van der Waals surface area contributed by atoms with E-state index < -0.39 is 93.9 Å². The summed E-state index contributed by atoms with van der Waals surface area (Å²) in [6, 6.07) is -0.648. The van der Waals surface area contributed by atoms with Gasteiger partial charge in [0.25, 0.3) is 0 Å². The van der Waals surface area contributed by atoms with Gasteiger partial charge in [0.05, 0.1) is 43.4 Å². The molecule has 1 saturated heterocycles. The van der Waals surface area contributed by atoms with Crippen LogP contribution in [0.1, 0.15) is 120 Å². The van der Waals surface area contributed by atoms with Gasteiger partial charge in [-0.25, -0.2) is 4.79 Å². The van der Waals surface area contributed by atoms with Gasteiger partial charge in [-0.3, -0.25) is 19.3 Å². The second-order valence-electron chi connectivity index (χ2n) is 20.9. The highest BCUT2D eigenvalue weighted by Crippen LogP contribution is 2.68. The molecule has 0 aromatic rings. The molecule has 15 heteroatoms. The van der Waals surface area contributed by atoms with Crippen LogP contribution in [0.3, 0.4) is 0 Å². The first-order valence-electron chi connectivity index (χ1n) is 23.4. The standard InChI is InChI=1S/C48H78N2O13/c1-11-36-47(9,60)41(56)30(5)50(26-27(2)24-46(8,59)40(55)28(3)39(54)29(4)42(57)62-36)22-12-20-49-21-17-37(53)63-48(43(58)61-10)19-16-34-33-14-13-31-23-32(51)15-18-44(31,6)38(33)35(52)25-45(34,48)7/h15,18,23,27-30,33-36,38-41,49,52,54-56,59-60H,11-14,16-17,19-22,24-26H2,1-10H3/t27-,28+,29-,30-,33?,34?,35+,36-,38?,39+,40-,41-,44+,45+,46-,47-,48+/m1/s1. The number of rotatable bonds is 10. The minimum absolute atomic E-state index is 0.0175. The molecule has 5 rings (SSSR count). The van der Waals surface area contributed by atoms with Crippen LogP contribution in [0.4, 0.5) is 0 Å². The lowest BCUT2D eigenvalue weighted by molar-refractivity contribution is -0.211. The van der Waals surface area contributed by atoms with Crippen LogP contribution in [0.2, 0.25) is 0 Å². The monoisotopic (exact) mass is 891 g/mol. The van der Waals surface area contributed by atoms with E-state index in [2.05, 4.69) is 12.2 Å². The number of aliphatic hydroxyl groups excluding tert-OH is 4. The van der Waals surface area contributed by atoms with E-state index in [1.54, 1.807) is 32.9 Å². The van der Waals surface area contributed by atoms with Crippen LogP contribution in [-0.2, 0) is 33.4 Å². The average Bonchev–Trinajstić information content (AvgIpc) is 3.51. The predicted molar refractivity (Wildman–Crippen MR) is 234 cm³/mol. The Morgan fingerprint density at radius 1 is 0.968 bits per heavy atom. The van der Waals surface area contributed by atoms with Crippen molar-refractivity contribution < 1.29 is 64.0 Å². The van der Waals surface area contributed by atoms with Gasteiger partial charge in [-0.1, -0.05) is 46.3 Å². The van der Waals surface area contributed by atoms with Crippen molar-refractivity contribution in [1.29, 1.82) is 0 Å². The number of hydrogen-bond donors (Lipinski definition) is 7. The minimum Gasteiger partial charge on any atom is -0.466 e. The number of aliphatic hydroxyl groups is 6. The molecule has 0 aromatic heterocycles. The summed E-state index contributed by atoms with van der Waals surface area (Å²) in [4.78, 5) is 54.9. The van der Waals surface area contributed by atoms with Gasteiger partial charge < -0.3 is 50.2 Å². The van der Waals surface area contributed by atoms with Crippen molar-refractivity contribution in [2.75, 3.05) is 33.3 Å². The van der Waals surface area contributed by atoms with Crippen molar-refractivity contribution in [3.8, 4) is 0 Å². The first kappa shape index (κ1) is 51.2. The van der Waals surface area contributed by atoms with Gasteiger partial charge in [0, 0.05) is 41.8 Å². The van der Waals surface area contributed by atoms with Gasteiger partial charge in [0.1, 0.15) is 17.8 Å². The lowest BCUT2D eigenvalue weighted by Gasteiger charge is -2.59. The Balaban J connectivity index is 1.23. The Labute approximate surface area is 374 Å². The second-order valence-corrected chi connectivity index (χ2v) is 20.9.